The first kappa shape index (κ1) is 23.3. The minimum atomic E-state index is -4.36. The van der Waals surface area contributed by atoms with Gasteiger partial charge >= 0.3 is 6.18 Å². The normalized spacial score (nSPS) is 13.4. The molecule has 0 saturated heterocycles. The number of benzene rings is 2. The number of hydroxylamine groups is 1. The zero-order chi connectivity index (χ0) is 22.3. The third-order valence-corrected chi connectivity index (χ3v) is 4.17. The molecular formula is C20H22F3N3O4. The summed E-state index contributed by atoms with van der Waals surface area (Å²) in [6.07, 6.45) is -4.36. The first-order chi connectivity index (χ1) is 14.1. The Morgan fingerprint density at radius 2 is 1.60 bits per heavy atom. The monoisotopic (exact) mass is 425 g/mol. The molecule has 0 spiro atoms. The molecule has 0 radical (unpaired) electrons. The van der Waals surface area contributed by atoms with E-state index in [1.807, 2.05) is 0 Å². The number of hydrogen-bond acceptors (Lipinski definition) is 5. The van der Waals surface area contributed by atoms with Crippen molar-refractivity contribution in [1.82, 2.24) is 10.8 Å². The van der Waals surface area contributed by atoms with Crippen molar-refractivity contribution in [3.8, 4) is 11.1 Å². The number of alkyl halides is 3. The van der Waals surface area contributed by atoms with Crippen LogP contribution in [-0.4, -0.2) is 41.9 Å². The van der Waals surface area contributed by atoms with Gasteiger partial charge in [-0.05, 0) is 35.7 Å². The zero-order valence-corrected chi connectivity index (χ0v) is 16.1. The number of halogens is 3. The molecule has 0 saturated carbocycles. The first-order valence-corrected chi connectivity index (χ1v) is 8.95. The van der Waals surface area contributed by atoms with Gasteiger partial charge in [-0.2, -0.15) is 13.2 Å². The van der Waals surface area contributed by atoms with E-state index in [0.717, 1.165) is 11.1 Å². The van der Waals surface area contributed by atoms with Gasteiger partial charge in [0.1, 0.15) is 12.6 Å². The van der Waals surface area contributed by atoms with Crippen LogP contribution in [0, 0.1) is 0 Å². The summed E-state index contributed by atoms with van der Waals surface area (Å²) in [5.74, 6) is -1.36. The molecule has 2 atom stereocenters. The van der Waals surface area contributed by atoms with Crippen LogP contribution in [0.3, 0.4) is 0 Å². The second-order valence-electron chi connectivity index (χ2n) is 6.67. The van der Waals surface area contributed by atoms with Crippen LogP contribution in [0.15, 0.2) is 48.5 Å². The average molecular weight is 425 g/mol. The third-order valence-electron chi connectivity index (χ3n) is 4.17. The molecule has 0 bridgehead atoms. The van der Waals surface area contributed by atoms with Crippen molar-refractivity contribution >= 4 is 11.8 Å². The zero-order valence-electron chi connectivity index (χ0n) is 16.1. The van der Waals surface area contributed by atoms with Crippen molar-refractivity contribution in [2.45, 2.75) is 31.8 Å². The number of amides is 2. The molecule has 2 amide bonds. The summed E-state index contributed by atoms with van der Waals surface area (Å²) in [7, 11) is 0. The lowest BCUT2D eigenvalue weighted by Crippen LogP contribution is -2.54. The Balaban J connectivity index is 2.01. The molecule has 2 aromatic carbocycles. The van der Waals surface area contributed by atoms with Gasteiger partial charge in [-0.1, -0.05) is 36.4 Å². The van der Waals surface area contributed by atoms with E-state index in [9.17, 15) is 22.8 Å². The molecule has 2 aromatic rings. The van der Waals surface area contributed by atoms with E-state index < -0.39 is 36.7 Å². The Labute approximate surface area is 171 Å². The lowest BCUT2D eigenvalue weighted by atomic mass is 10.0. The van der Waals surface area contributed by atoms with Gasteiger partial charge in [0.15, 0.2) is 0 Å². The largest absolute Gasteiger partial charge is 0.411 e. The lowest BCUT2D eigenvalue weighted by molar-refractivity contribution is -0.176. The molecule has 0 aliphatic heterocycles. The van der Waals surface area contributed by atoms with E-state index in [2.05, 4.69) is 10.1 Å². The van der Waals surface area contributed by atoms with E-state index in [0.29, 0.717) is 5.56 Å². The van der Waals surface area contributed by atoms with Gasteiger partial charge in [0.2, 0.25) is 0 Å². The number of carbonyl (C=O) groups excluding carboxylic acids is 2. The smallest absolute Gasteiger partial charge is 0.367 e. The Bertz CT molecular complexity index is 853. The molecule has 0 unspecified atom stereocenters. The molecule has 7 nitrogen and oxygen atoms in total. The minimum absolute atomic E-state index is 0.152. The van der Waals surface area contributed by atoms with Gasteiger partial charge in [-0.3, -0.25) is 14.8 Å². The van der Waals surface area contributed by atoms with Crippen LogP contribution in [0.5, 0.6) is 0 Å². The van der Waals surface area contributed by atoms with Crippen LogP contribution in [-0.2, 0) is 16.1 Å². The highest BCUT2D eigenvalue weighted by Gasteiger charge is 2.27. The van der Waals surface area contributed by atoms with Gasteiger partial charge in [0, 0.05) is 11.6 Å². The second-order valence-corrected chi connectivity index (χ2v) is 6.67. The van der Waals surface area contributed by atoms with Gasteiger partial charge in [0.05, 0.1) is 6.61 Å². The highest BCUT2D eigenvalue weighted by molar-refractivity contribution is 5.98. The SMILES string of the molecule is C[C@@H](N)[C@H](NC(=O)c1ccc(-c2ccc(COCC(F)(F)F)cc2)cc1)C(=O)NO. The molecule has 0 fully saturated rings. The molecule has 162 valence electrons. The molecule has 0 aromatic heterocycles. The van der Waals surface area contributed by atoms with E-state index in [1.165, 1.54) is 12.4 Å². The fourth-order valence-corrected chi connectivity index (χ4v) is 2.62. The molecule has 5 N–H and O–H groups in total. The van der Waals surface area contributed by atoms with Crippen molar-refractivity contribution in [1.29, 1.82) is 0 Å². The Morgan fingerprint density at radius 1 is 1.07 bits per heavy atom. The second kappa shape index (κ2) is 10.2. The van der Waals surface area contributed by atoms with Crippen LogP contribution in [0.4, 0.5) is 13.2 Å². The summed E-state index contributed by atoms with van der Waals surface area (Å²) in [5, 5.41) is 11.2. The Kier molecular flexibility index (Phi) is 7.93. The van der Waals surface area contributed by atoms with E-state index >= 15 is 0 Å². The maximum atomic E-state index is 12.3. The summed E-state index contributed by atoms with van der Waals surface area (Å²) in [6.45, 7) is 0.0597. The van der Waals surface area contributed by atoms with Crippen LogP contribution in [0.1, 0.15) is 22.8 Å². The predicted molar refractivity (Wildman–Crippen MR) is 102 cm³/mol. The Hall–Kier alpha value is -2.95. The highest BCUT2D eigenvalue weighted by atomic mass is 19.4. The maximum Gasteiger partial charge on any atom is 0.411 e. The summed E-state index contributed by atoms with van der Waals surface area (Å²) in [6, 6.07) is 11.5. The van der Waals surface area contributed by atoms with Gasteiger partial charge in [-0.25, -0.2) is 5.48 Å². The van der Waals surface area contributed by atoms with Crippen LogP contribution in [0.25, 0.3) is 11.1 Å². The fourth-order valence-electron chi connectivity index (χ4n) is 2.62. The maximum absolute atomic E-state index is 12.3. The van der Waals surface area contributed by atoms with Crippen molar-refractivity contribution in [2.24, 2.45) is 5.73 Å². The summed E-state index contributed by atoms with van der Waals surface area (Å²) >= 11 is 0. The van der Waals surface area contributed by atoms with Gasteiger partial charge in [-0.15, -0.1) is 0 Å². The van der Waals surface area contributed by atoms with Crippen LogP contribution < -0.4 is 16.5 Å². The number of nitrogens with one attached hydrogen (secondary N) is 2. The summed E-state index contributed by atoms with van der Waals surface area (Å²) < 4.78 is 41.0. The van der Waals surface area contributed by atoms with E-state index in [1.54, 1.807) is 48.5 Å². The summed E-state index contributed by atoms with van der Waals surface area (Å²) in [4.78, 5) is 23.9. The molecule has 10 heteroatoms. The van der Waals surface area contributed by atoms with Gasteiger partial charge in [0.25, 0.3) is 11.8 Å². The summed E-state index contributed by atoms with van der Waals surface area (Å²) in [5.41, 5.74) is 9.58. The third kappa shape index (κ3) is 6.83. The number of nitrogens with two attached hydrogens (primary N) is 1. The Morgan fingerprint density at radius 3 is 2.07 bits per heavy atom. The number of rotatable bonds is 8. The quantitative estimate of drug-likeness (QED) is 0.383. The van der Waals surface area contributed by atoms with Crippen molar-refractivity contribution in [3.05, 3.63) is 59.7 Å². The highest BCUT2D eigenvalue weighted by Crippen LogP contribution is 2.21. The van der Waals surface area contributed by atoms with E-state index in [4.69, 9.17) is 10.9 Å². The van der Waals surface area contributed by atoms with Crippen molar-refractivity contribution in [2.75, 3.05) is 6.61 Å². The minimum Gasteiger partial charge on any atom is -0.367 e. The first-order valence-electron chi connectivity index (χ1n) is 8.95. The standard InChI is InChI=1S/C20H22F3N3O4/c1-12(24)17(19(28)26-29)25-18(27)16-8-6-15(7-9-16)14-4-2-13(3-5-14)10-30-11-20(21,22)23/h2-9,12,17,29H,10-11,24H2,1H3,(H,25,27)(H,26,28)/t12-,17+/m1/s1. The fraction of sp³-hybridized carbons (Fsp3) is 0.300. The molecule has 0 aliphatic carbocycles. The molecule has 2 rings (SSSR count). The lowest BCUT2D eigenvalue weighted by Gasteiger charge is -2.20. The van der Waals surface area contributed by atoms with Crippen molar-refractivity contribution in [3.63, 3.8) is 0 Å². The van der Waals surface area contributed by atoms with Gasteiger partial charge < -0.3 is 15.8 Å². The average Bonchev–Trinajstić information content (AvgIpc) is 2.71. The van der Waals surface area contributed by atoms with E-state index in [-0.39, 0.29) is 12.2 Å². The molecule has 30 heavy (non-hydrogen) atoms. The van der Waals surface area contributed by atoms with Crippen LogP contribution >= 0.6 is 0 Å². The number of hydrogen-bond donors (Lipinski definition) is 4. The number of ether oxygens (including phenoxy) is 1. The van der Waals surface area contributed by atoms with Crippen LogP contribution in [0.2, 0.25) is 0 Å². The van der Waals surface area contributed by atoms with Crippen molar-refractivity contribution < 1.29 is 32.7 Å². The predicted octanol–water partition coefficient (Wildman–Crippen LogP) is 2.38. The molecule has 0 heterocycles. The number of carbonyl (C=O) groups is 2. The topological polar surface area (TPSA) is 114 Å². The molecule has 0 aliphatic rings. The molecular weight excluding hydrogens is 403 g/mol.